The van der Waals surface area contributed by atoms with Crippen molar-refractivity contribution < 1.29 is 18.0 Å². The summed E-state index contributed by atoms with van der Waals surface area (Å²) < 4.78 is 26.7. The predicted molar refractivity (Wildman–Crippen MR) is 119 cm³/mol. The first-order valence-corrected chi connectivity index (χ1v) is 11.0. The highest BCUT2D eigenvalue weighted by Crippen LogP contribution is 2.20. The summed E-state index contributed by atoms with van der Waals surface area (Å²) in [6.45, 7) is 2.61. The van der Waals surface area contributed by atoms with Crippen molar-refractivity contribution in [2.45, 2.75) is 19.8 Å². The minimum absolute atomic E-state index is 0.245. The van der Waals surface area contributed by atoms with Crippen molar-refractivity contribution in [2.75, 3.05) is 37.3 Å². The van der Waals surface area contributed by atoms with Gasteiger partial charge in [-0.05, 0) is 42.8 Å². The fraction of sp³-hybridized carbons (Fsp3) is 0.333. The molecule has 0 radical (unpaired) electrons. The standard InChI is InChI=1S/C21H28N4O4S/c1-5-6-15-22-21(27)18-9-7-8-10-19(18)23-20(26)16-11-13-17(14-12-16)25(4)30(28,29)24(2)3/h7-14H,5-6,15H2,1-4H3,(H,22,27)(H,23,26). The Morgan fingerprint density at radius 1 is 0.933 bits per heavy atom. The number of unbranched alkanes of at least 4 members (excludes halogenated alkanes) is 1. The maximum absolute atomic E-state index is 12.7. The maximum Gasteiger partial charge on any atom is 0.303 e. The molecule has 0 spiro atoms. The molecule has 0 aromatic heterocycles. The first-order valence-electron chi connectivity index (χ1n) is 9.63. The van der Waals surface area contributed by atoms with E-state index in [9.17, 15) is 18.0 Å². The quantitative estimate of drug-likeness (QED) is 0.595. The van der Waals surface area contributed by atoms with Crippen molar-refractivity contribution >= 4 is 33.4 Å². The van der Waals surface area contributed by atoms with E-state index < -0.39 is 16.1 Å². The molecule has 0 saturated heterocycles. The van der Waals surface area contributed by atoms with Crippen LogP contribution in [0.25, 0.3) is 0 Å². The van der Waals surface area contributed by atoms with Gasteiger partial charge in [0.2, 0.25) is 0 Å². The molecule has 0 aliphatic carbocycles. The fourth-order valence-corrected chi connectivity index (χ4v) is 3.54. The minimum Gasteiger partial charge on any atom is -0.352 e. The van der Waals surface area contributed by atoms with E-state index >= 15 is 0 Å². The molecule has 0 unspecified atom stereocenters. The van der Waals surface area contributed by atoms with Gasteiger partial charge >= 0.3 is 10.2 Å². The van der Waals surface area contributed by atoms with Crippen LogP contribution in [0.15, 0.2) is 48.5 Å². The summed E-state index contributed by atoms with van der Waals surface area (Å²) in [5.74, 6) is -0.640. The van der Waals surface area contributed by atoms with Crippen LogP contribution in [0, 0.1) is 0 Å². The predicted octanol–water partition coefficient (Wildman–Crippen LogP) is 2.71. The normalized spacial score (nSPS) is 11.2. The highest BCUT2D eigenvalue weighted by molar-refractivity contribution is 7.90. The van der Waals surface area contributed by atoms with Crippen molar-refractivity contribution in [1.82, 2.24) is 9.62 Å². The van der Waals surface area contributed by atoms with Crippen molar-refractivity contribution in [3.63, 3.8) is 0 Å². The van der Waals surface area contributed by atoms with E-state index in [1.54, 1.807) is 36.4 Å². The molecule has 0 heterocycles. The Hall–Kier alpha value is -2.91. The molecule has 0 atom stereocenters. The van der Waals surface area contributed by atoms with Gasteiger partial charge in [-0.25, -0.2) is 0 Å². The Morgan fingerprint density at radius 3 is 2.17 bits per heavy atom. The van der Waals surface area contributed by atoms with Crippen LogP contribution in [0.5, 0.6) is 0 Å². The molecular weight excluding hydrogens is 404 g/mol. The number of hydrogen-bond acceptors (Lipinski definition) is 4. The Bertz CT molecular complexity index is 988. The minimum atomic E-state index is -3.61. The van der Waals surface area contributed by atoms with Crippen LogP contribution in [0.1, 0.15) is 40.5 Å². The van der Waals surface area contributed by atoms with Crippen molar-refractivity contribution in [1.29, 1.82) is 0 Å². The van der Waals surface area contributed by atoms with Crippen LogP contribution in [-0.4, -0.2) is 52.2 Å². The van der Waals surface area contributed by atoms with Gasteiger partial charge in [0.25, 0.3) is 11.8 Å². The van der Waals surface area contributed by atoms with Crippen LogP contribution in [0.3, 0.4) is 0 Å². The molecule has 0 fully saturated rings. The van der Waals surface area contributed by atoms with Crippen molar-refractivity contribution in [2.24, 2.45) is 0 Å². The maximum atomic E-state index is 12.7. The average Bonchev–Trinajstić information content (AvgIpc) is 2.73. The van der Waals surface area contributed by atoms with Crippen molar-refractivity contribution in [3.8, 4) is 0 Å². The van der Waals surface area contributed by atoms with E-state index in [1.165, 1.54) is 33.3 Å². The number of amides is 2. The number of para-hydroxylation sites is 1. The molecule has 2 aromatic rings. The molecule has 0 aliphatic rings. The van der Waals surface area contributed by atoms with Crippen LogP contribution >= 0.6 is 0 Å². The van der Waals surface area contributed by atoms with Gasteiger partial charge < -0.3 is 10.6 Å². The first kappa shape index (κ1) is 23.4. The van der Waals surface area contributed by atoms with E-state index in [0.29, 0.717) is 29.0 Å². The average molecular weight is 433 g/mol. The Labute approximate surface area is 178 Å². The van der Waals surface area contributed by atoms with Crippen LogP contribution in [0.2, 0.25) is 0 Å². The highest BCUT2D eigenvalue weighted by atomic mass is 32.2. The van der Waals surface area contributed by atoms with Gasteiger partial charge in [-0.3, -0.25) is 13.9 Å². The van der Waals surface area contributed by atoms with Crippen LogP contribution in [-0.2, 0) is 10.2 Å². The Balaban J connectivity index is 2.15. The number of rotatable bonds is 9. The third kappa shape index (κ3) is 5.58. The van der Waals surface area contributed by atoms with Gasteiger partial charge in [-0.1, -0.05) is 25.5 Å². The molecule has 2 N–H and O–H groups in total. The zero-order valence-electron chi connectivity index (χ0n) is 17.7. The lowest BCUT2D eigenvalue weighted by molar-refractivity contribution is 0.0954. The summed E-state index contributed by atoms with van der Waals surface area (Å²) >= 11 is 0. The number of anilines is 2. The van der Waals surface area contributed by atoms with Gasteiger partial charge in [-0.2, -0.15) is 12.7 Å². The van der Waals surface area contributed by atoms with Crippen LogP contribution in [0.4, 0.5) is 11.4 Å². The van der Waals surface area contributed by atoms with Gasteiger partial charge in [0.15, 0.2) is 0 Å². The molecular formula is C21H28N4O4S. The molecule has 2 aromatic carbocycles. The number of carbonyl (C=O) groups excluding carboxylic acids is 2. The Morgan fingerprint density at radius 2 is 1.57 bits per heavy atom. The second-order valence-electron chi connectivity index (χ2n) is 6.91. The lowest BCUT2D eigenvalue weighted by Crippen LogP contribution is -2.37. The summed E-state index contributed by atoms with van der Waals surface area (Å²) in [7, 11) is 0.723. The van der Waals surface area contributed by atoms with Gasteiger partial charge in [0.1, 0.15) is 0 Å². The fourth-order valence-electron chi connectivity index (χ4n) is 2.66. The highest BCUT2D eigenvalue weighted by Gasteiger charge is 2.21. The zero-order valence-corrected chi connectivity index (χ0v) is 18.5. The number of nitrogens with one attached hydrogen (secondary N) is 2. The lowest BCUT2D eigenvalue weighted by atomic mass is 10.1. The van der Waals surface area contributed by atoms with E-state index in [1.807, 2.05) is 6.92 Å². The van der Waals surface area contributed by atoms with Gasteiger partial charge in [0, 0.05) is 33.3 Å². The first-order chi connectivity index (χ1) is 14.2. The monoisotopic (exact) mass is 432 g/mol. The second-order valence-corrected chi connectivity index (χ2v) is 9.09. The number of carbonyl (C=O) groups is 2. The molecule has 2 rings (SSSR count). The van der Waals surface area contributed by atoms with Crippen LogP contribution < -0.4 is 14.9 Å². The summed E-state index contributed by atoms with van der Waals surface area (Å²) in [6, 6.07) is 13.0. The molecule has 9 heteroatoms. The molecule has 8 nitrogen and oxygen atoms in total. The topological polar surface area (TPSA) is 98.8 Å². The SMILES string of the molecule is CCCCNC(=O)c1ccccc1NC(=O)c1ccc(N(C)S(=O)(=O)N(C)C)cc1. The molecule has 0 bridgehead atoms. The number of benzene rings is 2. The number of nitrogens with zero attached hydrogens (tertiary/aromatic N) is 2. The molecule has 2 amide bonds. The molecule has 0 saturated carbocycles. The molecule has 30 heavy (non-hydrogen) atoms. The van der Waals surface area contributed by atoms with E-state index in [2.05, 4.69) is 10.6 Å². The third-order valence-corrected chi connectivity index (χ3v) is 6.36. The number of hydrogen-bond donors (Lipinski definition) is 2. The molecule has 162 valence electrons. The summed E-state index contributed by atoms with van der Waals surface area (Å²) in [5.41, 5.74) is 1.56. The third-order valence-electron chi connectivity index (χ3n) is 4.54. The largest absolute Gasteiger partial charge is 0.352 e. The zero-order chi connectivity index (χ0) is 22.3. The summed E-state index contributed by atoms with van der Waals surface area (Å²) in [6.07, 6.45) is 1.85. The van der Waals surface area contributed by atoms with E-state index in [4.69, 9.17) is 0 Å². The second kappa shape index (κ2) is 10.2. The van der Waals surface area contributed by atoms with E-state index in [0.717, 1.165) is 21.5 Å². The van der Waals surface area contributed by atoms with E-state index in [-0.39, 0.29) is 5.91 Å². The van der Waals surface area contributed by atoms with Gasteiger partial charge in [0.05, 0.1) is 16.9 Å². The summed E-state index contributed by atoms with van der Waals surface area (Å²) in [5, 5.41) is 5.60. The Kier molecular flexibility index (Phi) is 7.96. The summed E-state index contributed by atoms with van der Waals surface area (Å²) in [4.78, 5) is 25.1. The molecule has 0 aliphatic heterocycles. The van der Waals surface area contributed by atoms with Crippen molar-refractivity contribution in [3.05, 3.63) is 59.7 Å². The lowest BCUT2D eigenvalue weighted by Gasteiger charge is -2.23. The smallest absolute Gasteiger partial charge is 0.303 e. The van der Waals surface area contributed by atoms with Gasteiger partial charge in [-0.15, -0.1) is 0 Å².